The molecule has 0 aliphatic heterocycles. The summed E-state index contributed by atoms with van der Waals surface area (Å²) >= 11 is 0. The zero-order chi connectivity index (χ0) is 13.1. The fourth-order valence-corrected chi connectivity index (χ4v) is 1.74. The second kappa shape index (κ2) is 5.14. The Labute approximate surface area is 103 Å². The van der Waals surface area contributed by atoms with Crippen LogP contribution >= 0.6 is 0 Å². The van der Waals surface area contributed by atoms with E-state index in [-0.39, 0.29) is 17.1 Å². The SMILES string of the molecule is CC(=O)CC(C#N)c1ccc(C(C)(C)C)cc1. The Balaban J connectivity index is 2.94. The quantitative estimate of drug-likeness (QED) is 0.795. The van der Waals surface area contributed by atoms with Crippen molar-refractivity contribution in [3.63, 3.8) is 0 Å². The van der Waals surface area contributed by atoms with Gasteiger partial charge in [-0.3, -0.25) is 4.79 Å². The minimum absolute atomic E-state index is 0.0523. The van der Waals surface area contributed by atoms with Crippen molar-refractivity contribution in [1.82, 2.24) is 0 Å². The zero-order valence-electron chi connectivity index (χ0n) is 10.9. The molecule has 1 rings (SSSR count). The van der Waals surface area contributed by atoms with E-state index in [1.54, 1.807) is 0 Å². The van der Waals surface area contributed by atoms with Crippen molar-refractivity contribution in [1.29, 1.82) is 5.26 Å². The van der Waals surface area contributed by atoms with Gasteiger partial charge in [-0.15, -0.1) is 0 Å². The molecule has 90 valence electrons. The highest BCUT2D eigenvalue weighted by atomic mass is 16.1. The number of rotatable bonds is 3. The first-order valence-electron chi connectivity index (χ1n) is 5.84. The first-order valence-corrected chi connectivity index (χ1v) is 5.84. The monoisotopic (exact) mass is 229 g/mol. The Kier molecular flexibility index (Phi) is 4.07. The van der Waals surface area contributed by atoms with Gasteiger partial charge in [0, 0.05) is 6.42 Å². The molecule has 1 atom stereocenters. The molecule has 0 radical (unpaired) electrons. The molecule has 0 saturated carbocycles. The van der Waals surface area contributed by atoms with Crippen LogP contribution in [-0.4, -0.2) is 5.78 Å². The van der Waals surface area contributed by atoms with E-state index in [9.17, 15) is 4.79 Å². The molecule has 2 heteroatoms. The molecule has 0 aliphatic carbocycles. The molecule has 0 N–H and O–H groups in total. The minimum atomic E-state index is -0.318. The minimum Gasteiger partial charge on any atom is -0.300 e. The Morgan fingerprint density at radius 3 is 2.18 bits per heavy atom. The van der Waals surface area contributed by atoms with Crippen LogP contribution in [0.15, 0.2) is 24.3 Å². The summed E-state index contributed by atoms with van der Waals surface area (Å²) in [6, 6.07) is 10.2. The van der Waals surface area contributed by atoms with Crippen molar-refractivity contribution in [2.45, 2.75) is 45.4 Å². The molecule has 0 saturated heterocycles. The van der Waals surface area contributed by atoms with Crippen LogP contribution in [0.5, 0.6) is 0 Å². The number of ketones is 1. The molecule has 0 fully saturated rings. The van der Waals surface area contributed by atoms with Gasteiger partial charge < -0.3 is 0 Å². The summed E-state index contributed by atoms with van der Waals surface area (Å²) in [6.07, 6.45) is 0.297. The van der Waals surface area contributed by atoms with Gasteiger partial charge in [-0.25, -0.2) is 0 Å². The number of nitrogens with zero attached hydrogens (tertiary/aromatic N) is 1. The van der Waals surface area contributed by atoms with Crippen molar-refractivity contribution in [2.24, 2.45) is 0 Å². The fourth-order valence-electron chi connectivity index (χ4n) is 1.74. The van der Waals surface area contributed by atoms with Crippen LogP contribution in [0, 0.1) is 11.3 Å². The Hall–Kier alpha value is -1.62. The fraction of sp³-hybridized carbons (Fsp3) is 0.467. The number of nitriles is 1. The van der Waals surface area contributed by atoms with E-state index in [0.29, 0.717) is 6.42 Å². The summed E-state index contributed by atoms with van der Waals surface area (Å²) in [5.41, 5.74) is 2.28. The van der Waals surface area contributed by atoms with Crippen LogP contribution in [0.4, 0.5) is 0 Å². The van der Waals surface area contributed by atoms with Crippen molar-refractivity contribution in [3.8, 4) is 6.07 Å². The first kappa shape index (κ1) is 13.4. The third-order valence-electron chi connectivity index (χ3n) is 2.83. The molecule has 1 aromatic carbocycles. The largest absolute Gasteiger partial charge is 0.300 e. The highest BCUT2D eigenvalue weighted by molar-refractivity contribution is 5.77. The molecule has 1 aromatic rings. The molecule has 17 heavy (non-hydrogen) atoms. The van der Waals surface area contributed by atoms with Crippen LogP contribution in [0.25, 0.3) is 0 Å². The van der Waals surface area contributed by atoms with Crippen LogP contribution in [0.3, 0.4) is 0 Å². The molecular weight excluding hydrogens is 210 g/mol. The van der Waals surface area contributed by atoms with Gasteiger partial charge >= 0.3 is 0 Å². The van der Waals surface area contributed by atoms with Gasteiger partial charge in [0.15, 0.2) is 0 Å². The van der Waals surface area contributed by atoms with E-state index in [0.717, 1.165) is 5.56 Å². The van der Waals surface area contributed by atoms with Crippen molar-refractivity contribution in [2.75, 3.05) is 0 Å². The standard InChI is InChI=1S/C15H19NO/c1-11(17)9-13(10-16)12-5-7-14(8-6-12)15(2,3)4/h5-8,13H,9H2,1-4H3. The topological polar surface area (TPSA) is 40.9 Å². The second-order valence-electron chi connectivity index (χ2n) is 5.46. The van der Waals surface area contributed by atoms with Crippen LogP contribution < -0.4 is 0 Å². The normalized spacial score (nSPS) is 12.9. The predicted molar refractivity (Wildman–Crippen MR) is 68.8 cm³/mol. The van der Waals surface area contributed by atoms with Gasteiger partial charge in [0.1, 0.15) is 5.78 Å². The highest BCUT2D eigenvalue weighted by Crippen LogP contribution is 2.25. The van der Waals surface area contributed by atoms with E-state index in [1.807, 2.05) is 24.3 Å². The predicted octanol–water partition coefficient (Wildman–Crippen LogP) is 3.57. The van der Waals surface area contributed by atoms with Gasteiger partial charge in [-0.1, -0.05) is 45.0 Å². The summed E-state index contributed by atoms with van der Waals surface area (Å²) in [7, 11) is 0. The van der Waals surface area contributed by atoms with Crippen LogP contribution in [0.2, 0.25) is 0 Å². The number of Topliss-reactive ketones (excluding diaryl/α,β-unsaturated/α-hetero) is 1. The number of hydrogen-bond donors (Lipinski definition) is 0. The van der Waals surface area contributed by atoms with Gasteiger partial charge in [0.2, 0.25) is 0 Å². The smallest absolute Gasteiger partial charge is 0.131 e. The molecule has 0 aliphatic rings. The van der Waals surface area contributed by atoms with Crippen molar-refractivity contribution in [3.05, 3.63) is 35.4 Å². The number of hydrogen-bond acceptors (Lipinski definition) is 2. The third-order valence-corrected chi connectivity index (χ3v) is 2.83. The molecule has 0 bridgehead atoms. The van der Waals surface area contributed by atoms with Crippen LogP contribution in [-0.2, 0) is 10.2 Å². The van der Waals surface area contributed by atoms with E-state index in [1.165, 1.54) is 12.5 Å². The summed E-state index contributed by atoms with van der Waals surface area (Å²) in [5, 5.41) is 9.06. The number of benzene rings is 1. The van der Waals surface area contributed by atoms with Gasteiger partial charge in [0.25, 0.3) is 0 Å². The lowest BCUT2D eigenvalue weighted by atomic mass is 9.85. The lowest BCUT2D eigenvalue weighted by Crippen LogP contribution is -2.11. The lowest BCUT2D eigenvalue weighted by molar-refractivity contribution is -0.117. The first-order chi connectivity index (χ1) is 7.84. The number of carbonyl (C=O) groups excluding carboxylic acids is 1. The van der Waals surface area contributed by atoms with E-state index in [4.69, 9.17) is 5.26 Å². The lowest BCUT2D eigenvalue weighted by Gasteiger charge is -2.19. The maximum atomic E-state index is 11.1. The van der Waals surface area contributed by atoms with Gasteiger partial charge in [-0.05, 0) is 23.5 Å². The third kappa shape index (κ3) is 3.71. The maximum Gasteiger partial charge on any atom is 0.131 e. The Morgan fingerprint density at radius 2 is 1.82 bits per heavy atom. The van der Waals surface area contributed by atoms with E-state index < -0.39 is 0 Å². The highest BCUT2D eigenvalue weighted by Gasteiger charge is 2.16. The van der Waals surface area contributed by atoms with Gasteiger partial charge in [-0.2, -0.15) is 5.26 Å². The summed E-state index contributed by atoms with van der Waals surface area (Å²) in [4.78, 5) is 11.1. The summed E-state index contributed by atoms with van der Waals surface area (Å²) in [5.74, 6) is -0.266. The Bertz CT molecular complexity index is 431. The molecular formula is C15H19NO. The summed E-state index contributed by atoms with van der Waals surface area (Å²) < 4.78 is 0. The second-order valence-corrected chi connectivity index (χ2v) is 5.46. The summed E-state index contributed by atoms with van der Waals surface area (Å²) in [6.45, 7) is 7.98. The zero-order valence-corrected chi connectivity index (χ0v) is 10.9. The average molecular weight is 229 g/mol. The van der Waals surface area contributed by atoms with Crippen molar-refractivity contribution < 1.29 is 4.79 Å². The molecule has 1 unspecified atom stereocenters. The Morgan fingerprint density at radius 1 is 1.29 bits per heavy atom. The molecule has 0 amide bonds. The average Bonchev–Trinajstić information content (AvgIpc) is 2.24. The van der Waals surface area contributed by atoms with Gasteiger partial charge in [0.05, 0.1) is 12.0 Å². The molecule has 0 heterocycles. The molecule has 2 nitrogen and oxygen atoms in total. The van der Waals surface area contributed by atoms with Crippen molar-refractivity contribution >= 4 is 5.78 Å². The van der Waals surface area contributed by atoms with Crippen LogP contribution in [0.1, 0.15) is 51.2 Å². The maximum absolute atomic E-state index is 11.1. The van der Waals surface area contributed by atoms with E-state index in [2.05, 4.69) is 26.8 Å². The molecule has 0 aromatic heterocycles. The molecule has 0 spiro atoms. The van der Waals surface area contributed by atoms with E-state index >= 15 is 0 Å². The number of carbonyl (C=O) groups is 1.